The fourth-order valence-corrected chi connectivity index (χ4v) is 1.01. The van der Waals surface area contributed by atoms with Crippen molar-refractivity contribution >= 4 is 23.5 Å². The van der Waals surface area contributed by atoms with E-state index < -0.39 is 11.9 Å². The molecule has 0 aliphatic heterocycles. The first kappa shape index (κ1) is 10.3. The average molecular weight is 215 g/mol. The first-order valence-corrected chi connectivity index (χ1v) is 3.98. The molecule has 0 aliphatic carbocycles. The van der Waals surface area contributed by atoms with Crippen LogP contribution < -0.4 is 11.1 Å². The zero-order valence-electron chi connectivity index (χ0n) is 6.95. The second-order valence-electron chi connectivity index (χ2n) is 2.48. The summed E-state index contributed by atoms with van der Waals surface area (Å²) in [5.74, 6) is -0.804. The van der Waals surface area contributed by atoms with Gasteiger partial charge in [0.1, 0.15) is 5.75 Å². The summed E-state index contributed by atoms with van der Waals surface area (Å²) in [6.07, 6.45) is 0. The van der Waals surface area contributed by atoms with E-state index in [0.29, 0.717) is 0 Å². The number of carbonyl (C=O) groups is 2. The number of halogens is 1. The van der Waals surface area contributed by atoms with E-state index in [9.17, 15) is 9.59 Å². The number of phenols is 1. The molecular formula is C8H7ClN2O3. The summed E-state index contributed by atoms with van der Waals surface area (Å²) in [5, 5.41) is 10.9. The van der Waals surface area contributed by atoms with E-state index in [1.165, 1.54) is 18.2 Å². The average Bonchev–Trinajstić information content (AvgIpc) is 2.08. The van der Waals surface area contributed by atoms with Gasteiger partial charge in [0.2, 0.25) is 0 Å². The standard InChI is InChI=1S/C8H7ClN2O3/c9-5-3-4(1-2-6(5)12)7(13)11-8(10)14/h1-3,12H,(H3,10,11,13,14). The first-order chi connectivity index (χ1) is 6.50. The number of aromatic hydroxyl groups is 1. The van der Waals surface area contributed by atoms with Crippen molar-refractivity contribution in [2.75, 3.05) is 0 Å². The fourth-order valence-electron chi connectivity index (χ4n) is 0.832. The van der Waals surface area contributed by atoms with Crippen LogP contribution in [0.3, 0.4) is 0 Å². The lowest BCUT2D eigenvalue weighted by Gasteiger charge is -2.02. The lowest BCUT2D eigenvalue weighted by molar-refractivity contribution is 0.0966. The van der Waals surface area contributed by atoms with Gasteiger partial charge in [0, 0.05) is 5.56 Å². The molecule has 0 atom stereocenters. The number of hydrogen-bond acceptors (Lipinski definition) is 3. The van der Waals surface area contributed by atoms with Gasteiger partial charge >= 0.3 is 6.03 Å². The monoisotopic (exact) mass is 214 g/mol. The highest BCUT2D eigenvalue weighted by Gasteiger charge is 2.09. The van der Waals surface area contributed by atoms with Crippen molar-refractivity contribution < 1.29 is 14.7 Å². The molecule has 0 saturated heterocycles. The third-order valence-electron chi connectivity index (χ3n) is 1.45. The van der Waals surface area contributed by atoms with Gasteiger partial charge in [0.05, 0.1) is 5.02 Å². The molecule has 0 unspecified atom stereocenters. The van der Waals surface area contributed by atoms with E-state index >= 15 is 0 Å². The smallest absolute Gasteiger partial charge is 0.319 e. The minimum Gasteiger partial charge on any atom is -0.506 e. The van der Waals surface area contributed by atoms with Crippen molar-refractivity contribution in [3.8, 4) is 5.75 Å². The summed E-state index contributed by atoms with van der Waals surface area (Å²) in [6, 6.07) is 2.85. The Morgan fingerprint density at radius 2 is 2.07 bits per heavy atom. The molecule has 74 valence electrons. The van der Waals surface area contributed by atoms with Crippen LogP contribution in [0.1, 0.15) is 10.4 Å². The molecule has 0 radical (unpaired) electrons. The van der Waals surface area contributed by atoms with E-state index in [1.54, 1.807) is 0 Å². The Morgan fingerprint density at radius 3 is 2.57 bits per heavy atom. The minimum absolute atomic E-state index is 0.0297. The van der Waals surface area contributed by atoms with Crippen LogP contribution in [0.2, 0.25) is 5.02 Å². The summed E-state index contributed by atoms with van der Waals surface area (Å²) >= 11 is 5.55. The van der Waals surface area contributed by atoms with Crippen LogP contribution in [0.15, 0.2) is 18.2 Å². The van der Waals surface area contributed by atoms with Crippen molar-refractivity contribution in [3.63, 3.8) is 0 Å². The zero-order valence-corrected chi connectivity index (χ0v) is 7.71. The molecule has 0 aromatic heterocycles. The van der Waals surface area contributed by atoms with Gasteiger partial charge in [-0.3, -0.25) is 10.1 Å². The highest BCUT2D eigenvalue weighted by atomic mass is 35.5. The molecule has 1 rings (SSSR count). The van der Waals surface area contributed by atoms with Crippen molar-refractivity contribution in [1.29, 1.82) is 0 Å². The molecular weight excluding hydrogens is 208 g/mol. The second kappa shape index (κ2) is 3.97. The van der Waals surface area contributed by atoms with E-state index in [2.05, 4.69) is 0 Å². The molecule has 0 fully saturated rings. The van der Waals surface area contributed by atoms with Crippen molar-refractivity contribution in [2.24, 2.45) is 5.73 Å². The highest BCUT2D eigenvalue weighted by molar-refractivity contribution is 6.32. The molecule has 1 aromatic rings. The van der Waals surface area contributed by atoms with Crippen molar-refractivity contribution in [1.82, 2.24) is 5.32 Å². The molecule has 5 nitrogen and oxygen atoms in total. The Balaban J connectivity index is 2.91. The number of primary amides is 1. The largest absolute Gasteiger partial charge is 0.506 e. The van der Waals surface area contributed by atoms with Crippen molar-refractivity contribution in [3.05, 3.63) is 28.8 Å². The van der Waals surface area contributed by atoms with Crippen LogP contribution in [-0.2, 0) is 0 Å². The fraction of sp³-hybridized carbons (Fsp3) is 0. The molecule has 0 spiro atoms. The highest BCUT2D eigenvalue weighted by Crippen LogP contribution is 2.23. The molecule has 0 bridgehead atoms. The number of imide groups is 1. The maximum absolute atomic E-state index is 11.2. The summed E-state index contributed by atoms with van der Waals surface area (Å²) in [4.78, 5) is 21.5. The molecule has 14 heavy (non-hydrogen) atoms. The Kier molecular flexibility index (Phi) is 2.93. The van der Waals surface area contributed by atoms with Crippen LogP contribution in [0.25, 0.3) is 0 Å². The Bertz CT molecular complexity index is 392. The topological polar surface area (TPSA) is 92.4 Å². The van der Waals surface area contributed by atoms with Gasteiger partial charge in [0.15, 0.2) is 0 Å². The predicted octanol–water partition coefficient (Wildman–Crippen LogP) is 0.854. The number of urea groups is 1. The number of carbonyl (C=O) groups excluding carboxylic acids is 2. The predicted molar refractivity (Wildman–Crippen MR) is 50.2 cm³/mol. The van der Waals surface area contributed by atoms with Crippen LogP contribution in [0, 0.1) is 0 Å². The van der Waals surface area contributed by atoms with E-state index in [0.717, 1.165) is 0 Å². The van der Waals surface area contributed by atoms with Crippen LogP contribution in [0.5, 0.6) is 5.75 Å². The van der Waals surface area contributed by atoms with E-state index in [1.807, 2.05) is 5.32 Å². The van der Waals surface area contributed by atoms with Gasteiger partial charge in [-0.25, -0.2) is 4.79 Å². The van der Waals surface area contributed by atoms with Gasteiger partial charge in [0.25, 0.3) is 5.91 Å². The number of benzene rings is 1. The first-order valence-electron chi connectivity index (χ1n) is 3.60. The quantitative estimate of drug-likeness (QED) is 0.647. The lowest BCUT2D eigenvalue weighted by Crippen LogP contribution is -2.34. The number of rotatable bonds is 1. The van der Waals surface area contributed by atoms with Gasteiger partial charge in [-0.05, 0) is 18.2 Å². The van der Waals surface area contributed by atoms with Gasteiger partial charge in [-0.1, -0.05) is 11.6 Å². The zero-order chi connectivity index (χ0) is 10.7. The number of nitrogens with one attached hydrogen (secondary N) is 1. The number of phenolic OH excluding ortho intramolecular Hbond substituents is 1. The second-order valence-corrected chi connectivity index (χ2v) is 2.89. The lowest BCUT2D eigenvalue weighted by atomic mass is 10.2. The maximum Gasteiger partial charge on any atom is 0.319 e. The van der Waals surface area contributed by atoms with Crippen LogP contribution in [-0.4, -0.2) is 17.0 Å². The van der Waals surface area contributed by atoms with Gasteiger partial charge < -0.3 is 10.8 Å². The van der Waals surface area contributed by atoms with E-state index in [4.69, 9.17) is 22.4 Å². The Morgan fingerprint density at radius 1 is 1.43 bits per heavy atom. The number of amides is 3. The third-order valence-corrected chi connectivity index (χ3v) is 1.75. The maximum atomic E-state index is 11.2. The normalized spacial score (nSPS) is 9.50. The third kappa shape index (κ3) is 2.37. The molecule has 0 saturated carbocycles. The van der Waals surface area contributed by atoms with Crippen molar-refractivity contribution in [2.45, 2.75) is 0 Å². The SMILES string of the molecule is NC(=O)NC(=O)c1ccc(O)c(Cl)c1. The molecule has 0 aliphatic rings. The Hall–Kier alpha value is -1.75. The summed E-state index contributed by atoms with van der Waals surface area (Å²) < 4.78 is 0. The van der Waals surface area contributed by atoms with Gasteiger partial charge in [-0.2, -0.15) is 0 Å². The van der Waals surface area contributed by atoms with Gasteiger partial charge in [-0.15, -0.1) is 0 Å². The summed E-state index contributed by atoms with van der Waals surface area (Å²) in [6.45, 7) is 0. The minimum atomic E-state index is -0.945. The number of hydrogen-bond donors (Lipinski definition) is 3. The molecule has 0 heterocycles. The molecule has 6 heteroatoms. The molecule has 3 amide bonds. The van der Waals surface area contributed by atoms with E-state index in [-0.39, 0.29) is 16.3 Å². The molecule has 1 aromatic carbocycles. The van der Waals surface area contributed by atoms with Crippen LogP contribution >= 0.6 is 11.6 Å². The van der Waals surface area contributed by atoms with Crippen LogP contribution in [0.4, 0.5) is 4.79 Å². The summed E-state index contributed by atoms with van der Waals surface area (Å²) in [7, 11) is 0. The Labute approximate surface area is 84.5 Å². The summed E-state index contributed by atoms with van der Waals surface area (Å²) in [5.41, 5.74) is 4.89. The molecule has 4 N–H and O–H groups in total. The number of nitrogens with two attached hydrogens (primary N) is 1.